The SMILES string of the molecule is CCc1cccc(OCc2cc(N)ccc2OC)c1. The largest absolute Gasteiger partial charge is 0.496 e. The molecule has 0 aliphatic carbocycles. The van der Waals surface area contributed by atoms with Gasteiger partial charge in [-0.2, -0.15) is 0 Å². The van der Waals surface area contributed by atoms with E-state index in [-0.39, 0.29) is 0 Å². The lowest BCUT2D eigenvalue weighted by atomic mass is 10.1. The van der Waals surface area contributed by atoms with E-state index in [2.05, 4.69) is 19.1 Å². The maximum absolute atomic E-state index is 5.80. The number of nitrogen functional groups attached to an aromatic ring is 1. The zero-order valence-corrected chi connectivity index (χ0v) is 11.3. The number of benzene rings is 2. The van der Waals surface area contributed by atoms with E-state index in [0.29, 0.717) is 12.3 Å². The first-order valence-corrected chi connectivity index (χ1v) is 6.37. The number of nitrogens with two attached hydrogens (primary N) is 1. The average molecular weight is 257 g/mol. The first-order chi connectivity index (χ1) is 9.22. The van der Waals surface area contributed by atoms with Gasteiger partial charge in [-0.1, -0.05) is 19.1 Å². The minimum Gasteiger partial charge on any atom is -0.496 e. The van der Waals surface area contributed by atoms with Gasteiger partial charge in [0, 0.05) is 11.3 Å². The van der Waals surface area contributed by atoms with E-state index in [1.165, 1.54) is 5.56 Å². The van der Waals surface area contributed by atoms with Gasteiger partial charge in [0.1, 0.15) is 18.1 Å². The Hall–Kier alpha value is -2.16. The van der Waals surface area contributed by atoms with Crippen LogP contribution < -0.4 is 15.2 Å². The lowest BCUT2D eigenvalue weighted by Gasteiger charge is -2.11. The van der Waals surface area contributed by atoms with Gasteiger partial charge in [-0.05, 0) is 42.3 Å². The standard InChI is InChI=1S/C16H19NO2/c1-3-12-5-4-6-15(9-12)19-11-13-10-14(17)7-8-16(13)18-2/h4-10H,3,11,17H2,1-2H3. The molecule has 3 nitrogen and oxygen atoms in total. The normalized spacial score (nSPS) is 10.2. The molecule has 0 unspecified atom stereocenters. The van der Waals surface area contributed by atoms with Crippen LogP contribution in [0, 0.1) is 0 Å². The molecule has 0 spiro atoms. The van der Waals surface area contributed by atoms with Crippen molar-refractivity contribution in [2.45, 2.75) is 20.0 Å². The third-order valence-electron chi connectivity index (χ3n) is 3.01. The van der Waals surface area contributed by atoms with Crippen LogP contribution in [0.4, 0.5) is 5.69 Å². The van der Waals surface area contributed by atoms with Gasteiger partial charge < -0.3 is 15.2 Å². The van der Waals surface area contributed by atoms with Gasteiger partial charge in [0.15, 0.2) is 0 Å². The minimum atomic E-state index is 0.446. The number of hydrogen-bond acceptors (Lipinski definition) is 3. The Morgan fingerprint density at radius 3 is 2.68 bits per heavy atom. The van der Waals surface area contributed by atoms with Crippen LogP contribution in [-0.2, 0) is 13.0 Å². The molecule has 0 fully saturated rings. The summed E-state index contributed by atoms with van der Waals surface area (Å²) in [5.74, 6) is 1.66. The van der Waals surface area contributed by atoms with E-state index in [9.17, 15) is 0 Å². The number of anilines is 1. The molecule has 0 atom stereocenters. The minimum absolute atomic E-state index is 0.446. The van der Waals surface area contributed by atoms with E-state index in [4.69, 9.17) is 15.2 Å². The molecule has 0 aliphatic rings. The summed E-state index contributed by atoms with van der Waals surface area (Å²) >= 11 is 0. The van der Waals surface area contributed by atoms with Crippen LogP contribution >= 0.6 is 0 Å². The van der Waals surface area contributed by atoms with Crippen molar-refractivity contribution in [1.82, 2.24) is 0 Å². The third kappa shape index (κ3) is 3.41. The molecule has 0 aliphatic heterocycles. The van der Waals surface area contributed by atoms with Crippen LogP contribution in [0.15, 0.2) is 42.5 Å². The Balaban J connectivity index is 2.11. The van der Waals surface area contributed by atoms with Crippen LogP contribution in [-0.4, -0.2) is 7.11 Å². The average Bonchev–Trinajstić information content (AvgIpc) is 2.45. The number of aryl methyl sites for hydroxylation is 1. The quantitative estimate of drug-likeness (QED) is 0.835. The van der Waals surface area contributed by atoms with E-state index in [1.54, 1.807) is 7.11 Å². The van der Waals surface area contributed by atoms with Gasteiger partial charge in [0.25, 0.3) is 0 Å². The molecule has 2 rings (SSSR count). The first-order valence-electron chi connectivity index (χ1n) is 6.37. The lowest BCUT2D eigenvalue weighted by molar-refractivity contribution is 0.296. The summed E-state index contributed by atoms with van der Waals surface area (Å²) in [4.78, 5) is 0. The van der Waals surface area contributed by atoms with Crippen LogP contribution in [0.2, 0.25) is 0 Å². The van der Waals surface area contributed by atoms with Gasteiger partial charge in [-0.3, -0.25) is 0 Å². The van der Waals surface area contributed by atoms with Gasteiger partial charge >= 0.3 is 0 Å². The molecule has 2 N–H and O–H groups in total. The second-order valence-corrected chi connectivity index (χ2v) is 4.36. The van der Waals surface area contributed by atoms with Crippen molar-refractivity contribution < 1.29 is 9.47 Å². The summed E-state index contributed by atoms with van der Waals surface area (Å²) in [6.07, 6.45) is 0.999. The maximum atomic E-state index is 5.80. The fourth-order valence-corrected chi connectivity index (χ4v) is 1.93. The fraction of sp³-hybridized carbons (Fsp3) is 0.250. The topological polar surface area (TPSA) is 44.5 Å². The molecule has 100 valence electrons. The zero-order valence-electron chi connectivity index (χ0n) is 11.3. The molecular weight excluding hydrogens is 238 g/mol. The summed E-state index contributed by atoms with van der Waals surface area (Å²) in [7, 11) is 1.65. The van der Waals surface area contributed by atoms with Gasteiger partial charge in [0.05, 0.1) is 7.11 Å². The highest BCUT2D eigenvalue weighted by Gasteiger charge is 2.05. The molecule has 0 bridgehead atoms. The molecule has 2 aromatic rings. The highest BCUT2D eigenvalue weighted by Crippen LogP contribution is 2.23. The van der Waals surface area contributed by atoms with E-state index < -0.39 is 0 Å². The number of rotatable bonds is 5. The zero-order chi connectivity index (χ0) is 13.7. The second kappa shape index (κ2) is 6.14. The smallest absolute Gasteiger partial charge is 0.125 e. The van der Waals surface area contributed by atoms with Crippen LogP contribution in [0.25, 0.3) is 0 Å². The van der Waals surface area contributed by atoms with Crippen molar-refractivity contribution in [3.8, 4) is 11.5 Å². The van der Waals surface area contributed by atoms with Gasteiger partial charge in [0.2, 0.25) is 0 Å². The Kier molecular flexibility index (Phi) is 4.29. The molecule has 2 aromatic carbocycles. The van der Waals surface area contributed by atoms with Crippen molar-refractivity contribution in [3.63, 3.8) is 0 Å². The third-order valence-corrected chi connectivity index (χ3v) is 3.01. The Morgan fingerprint density at radius 1 is 1.11 bits per heavy atom. The molecule has 0 saturated heterocycles. The lowest BCUT2D eigenvalue weighted by Crippen LogP contribution is -2.00. The first kappa shape index (κ1) is 13.3. The summed E-state index contributed by atoms with van der Waals surface area (Å²) in [6, 6.07) is 13.7. The number of ether oxygens (including phenoxy) is 2. The Labute approximate surface area is 114 Å². The molecule has 0 saturated carbocycles. The van der Waals surface area contributed by atoms with Crippen LogP contribution in [0.1, 0.15) is 18.1 Å². The predicted octanol–water partition coefficient (Wildman–Crippen LogP) is 3.42. The van der Waals surface area contributed by atoms with Crippen molar-refractivity contribution >= 4 is 5.69 Å². The van der Waals surface area contributed by atoms with Crippen molar-refractivity contribution in [3.05, 3.63) is 53.6 Å². The van der Waals surface area contributed by atoms with Crippen LogP contribution in [0.3, 0.4) is 0 Å². The second-order valence-electron chi connectivity index (χ2n) is 4.36. The maximum Gasteiger partial charge on any atom is 0.125 e. The van der Waals surface area contributed by atoms with Crippen molar-refractivity contribution in [2.24, 2.45) is 0 Å². The van der Waals surface area contributed by atoms with Gasteiger partial charge in [-0.25, -0.2) is 0 Å². The number of hydrogen-bond donors (Lipinski definition) is 1. The monoisotopic (exact) mass is 257 g/mol. The summed E-state index contributed by atoms with van der Waals surface area (Å²) in [5, 5.41) is 0. The molecule has 3 heteroatoms. The van der Waals surface area contributed by atoms with E-state index in [0.717, 1.165) is 23.5 Å². The Morgan fingerprint density at radius 2 is 1.95 bits per heavy atom. The van der Waals surface area contributed by atoms with Crippen molar-refractivity contribution in [2.75, 3.05) is 12.8 Å². The molecule has 0 heterocycles. The summed E-state index contributed by atoms with van der Waals surface area (Å²) < 4.78 is 11.1. The van der Waals surface area contributed by atoms with Gasteiger partial charge in [-0.15, -0.1) is 0 Å². The molecular formula is C16H19NO2. The Bertz CT molecular complexity index is 552. The number of methoxy groups -OCH3 is 1. The van der Waals surface area contributed by atoms with E-state index >= 15 is 0 Å². The summed E-state index contributed by atoms with van der Waals surface area (Å²) in [6.45, 7) is 2.57. The summed E-state index contributed by atoms with van der Waals surface area (Å²) in [5.41, 5.74) is 8.71. The van der Waals surface area contributed by atoms with Crippen molar-refractivity contribution in [1.29, 1.82) is 0 Å². The molecule has 0 aromatic heterocycles. The predicted molar refractivity (Wildman–Crippen MR) is 77.6 cm³/mol. The highest BCUT2D eigenvalue weighted by atomic mass is 16.5. The van der Waals surface area contributed by atoms with Crippen LogP contribution in [0.5, 0.6) is 11.5 Å². The fourth-order valence-electron chi connectivity index (χ4n) is 1.93. The molecule has 0 radical (unpaired) electrons. The highest BCUT2D eigenvalue weighted by molar-refractivity contribution is 5.47. The molecule has 0 amide bonds. The van der Waals surface area contributed by atoms with E-state index in [1.807, 2.05) is 30.3 Å². The molecule has 19 heavy (non-hydrogen) atoms.